The van der Waals surface area contributed by atoms with Crippen LogP contribution < -0.4 is 10.6 Å². The molecule has 0 unspecified atom stereocenters. The van der Waals surface area contributed by atoms with Crippen LogP contribution in [0.2, 0.25) is 0 Å². The Bertz CT molecular complexity index is 886. The lowest BCUT2D eigenvalue weighted by Crippen LogP contribution is -2.33. The standard InChI is InChI=1S/C19H19FN4OS2/c1-12(14-8-10-15(20)11-9-14)21-17(25)13(2)26-19-24-23-18(27-19)22-16-6-4-3-5-7-16/h3-13H,1-2H3,(H,21,25)(H,22,23)/t12-,13+/m1/s1. The number of para-hydroxylation sites is 1. The normalized spacial score (nSPS) is 13.0. The predicted molar refractivity (Wildman–Crippen MR) is 108 cm³/mol. The highest BCUT2D eigenvalue weighted by Crippen LogP contribution is 2.30. The number of rotatable bonds is 7. The van der Waals surface area contributed by atoms with Crippen LogP contribution in [0, 0.1) is 5.82 Å². The van der Waals surface area contributed by atoms with Crippen molar-refractivity contribution in [3.63, 3.8) is 0 Å². The van der Waals surface area contributed by atoms with Gasteiger partial charge in [-0.25, -0.2) is 4.39 Å². The van der Waals surface area contributed by atoms with Gasteiger partial charge in [0, 0.05) is 5.69 Å². The van der Waals surface area contributed by atoms with E-state index in [4.69, 9.17) is 0 Å². The Kier molecular flexibility index (Phi) is 6.41. The maximum Gasteiger partial charge on any atom is 0.233 e. The smallest absolute Gasteiger partial charge is 0.233 e. The number of carbonyl (C=O) groups excluding carboxylic acids is 1. The molecule has 0 saturated carbocycles. The highest BCUT2D eigenvalue weighted by molar-refractivity contribution is 8.02. The van der Waals surface area contributed by atoms with Crippen LogP contribution in [0.25, 0.3) is 0 Å². The summed E-state index contributed by atoms with van der Waals surface area (Å²) in [5, 5.41) is 14.7. The molecule has 8 heteroatoms. The van der Waals surface area contributed by atoms with Crippen LogP contribution in [0.5, 0.6) is 0 Å². The minimum absolute atomic E-state index is 0.107. The Morgan fingerprint density at radius 1 is 1.07 bits per heavy atom. The first kappa shape index (κ1) is 19.3. The van der Waals surface area contributed by atoms with Crippen molar-refractivity contribution in [3.8, 4) is 0 Å². The summed E-state index contributed by atoms with van der Waals surface area (Å²) in [6, 6.07) is 15.6. The first-order valence-corrected chi connectivity index (χ1v) is 10.1. The topological polar surface area (TPSA) is 66.9 Å². The Labute approximate surface area is 165 Å². The van der Waals surface area contributed by atoms with E-state index in [0.29, 0.717) is 9.47 Å². The lowest BCUT2D eigenvalue weighted by atomic mass is 10.1. The highest BCUT2D eigenvalue weighted by atomic mass is 32.2. The van der Waals surface area contributed by atoms with Crippen LogP contribution in [0.4, 0.5) is 15.2 Å². The zero-order chi connectivity index (χ0) is 19.2. The Balaban J connectivity index is 1.54. The quantitative estimate of drug-likeness (QED) is 0.557. The molecule has 0 spiro atoms. The second-order valence-corrected chi connectivity index (χ2v) is 8.47. The molecule has 3 rings (SSSR count). The number of aromatic nitrogens is 2. The van der Waals surface area contributed by atoms with Crippen LogP contribution in [-0.4, -0.2) is 21.4 Å². The molecule has 27 heavy (non-hydrogen) atoms. The van der Waals surface area contributed by atoms with Gasteiger partial charge in [-0.05, 0) is 43.7 Å². The van der Waals surface area contributed by atoms with Gasteiger partial charge in [-0.3, -0.25) is 4.79 Å². The van der Waals surface area contributed by atoms with Gasteiger partial charge in [-0.2, -0.15) is 0 Å². The van der Waals surface area contributed by atoms with Crippen molar-refractivity contribution in [1.82, 2.24) is 15.5 Å². The largest absolute Gasteiger partial charge is 0.349 e. The van der Waals surface area contributed by atoms with Gasteiger partial charge >= 0.3 is 0 Å². The minimum Gasteiger partial charge on any atom is -0.349 e. The molecule has 0 aliphatic heterocycles. The molecule has 2 aromatic carbocycles. The number of benzene rings is 2. The van der Waals surface area contributed by atoms with E-state index in [1.807, 2.05) is 44.2 Å². The van der Waals surface area contributed by atoms with Crippen molar-refractivity contribution in [1.29, 1.82) is 0 Å². The molecule has 0 saturated heterocycles. The number of amides is 1. The summed E-state index contributed by atoms with van der Waals surface area (Å²) < 4.78 is 13.7. The molecule has 5 nitrogen and oxygen atoms in total. The number of anilines is 2. The van der Waals surface area contributed by atoms with Crippen LogP contribution in [0.15, 0.2) is 58.9 Å². The van der Waals surface area contributed by atoms with E-state index >= 15 is 0 Å². The van der Waals surface area contributed by atoms with Crippen molar-refractivity contribution in [2.24, 2.45) is 0 Å². The van der Waals surface area contributed by atoms with Crippen molar-refractivity contribution >= 4 is 39.8 Å². The molecule has 0 radical (unpaired) electrons. The molecular formula is C19H19FN4OS2. The van der Waals surface area contributed by atoms with E-state index in [1.165, 1.54) is 35.2 Å². The van der Waals surface area contributed by atoms with Gasteiger partial charge in [0.25, 0.3) is 0 Å². The van der Waals surface area contributed by atoms with E-state index in [9.17, 15) is 9.18 Å². The second-order valence-electron chi connectivity index (χ2n) is 5.91. The Hall–Kier alpha value is -2.45. The molecule has 2 N–H and O–H groups in total. The van der Waals surface area contributed by atoms with Gasteiger partial charge in [0.2, 0.25) is 11.0 Å². The molecule has 1 heterocycles. The van der Waals surface area contributed by atoms with Crippen LogP contribution in [0.3, 0.4) is 0 Å². The van der Waals surface area contributed by atoms with Crippen molar-refractivity contribution in [3.05, 3.63) is 66.0 Å². The number of carbonyl (C=O) groups is 1. The molecule has 140 valence electrons. The minimum atomic E-state index is -0.328. The number of halogens is 1. The summed E-state index contributed by atoms with van der Waals surface area (Å²) in [5.41, 5.74) is 1.79. The average molecular weight is 403 g/mol. The van der Waals surface area contributed by atoms with Crippen LogP contribution >= 0.6 is 23.1 Å². The number of thioether (sulfide) groups is 1. The third-order valence-electron chi connectivity index (χ3n) is 3.81. The number of nitrogens with zero attached hydrogens (tertiary/aromatic N) is 2. The number of hydrogen-bond donors (Lipinski definition) is 2. The molecule has 0 bridgehead atoms. The van der Waals surface area contributed by atoms with E-state index in [2.05, 4.69) is 20.8 Å². The van der Waals surface area contributed by atoms with Crippen LogP contribution in [-0.2, 0) is 4.79 Å². The molecule has 1 aromatic heterocycles. The zero-order valence-corrected chi connectivity index (χ0v) is 16.5. The zero-order valence-electron chi connectivity index (χ0n) is 14.8. The average Bonchev–Trinajstić information content (AvgIpc) is 3.09. The predicted octanol–water partition coefficient (Wildman–Crippen LogP) is 4.78. The van der Waals surface area contributed by atoms with Gasteiger partial charge in [-0.1, -0.05) is 53.4 Å². The maximum atomic E-state index is 13.0. The fourth-order valence-electron chi connectivity index (χ4n) is 2.32. The highest BCUT2D eigenvalue weighted by Gasteiger charge is 2.19. The fraction of sp³-hybridized carbons (Fsp3) is 0.211. The Morgan fingerprint density at radius 3 is 2.48 bits per heavy atom. The lowest BCUT2D eigenvalue weighted by molar-refractivity contribution is -0.120. The number of hydrogen-bond acceptors (Lipinski definition) is 6. The monoisotopic (exact) mass is 402 g/mol. The summed E-state index contributed by atoms with van der Waals surface area (Å²) >= 11 is 2.75. The molecular weight excluding hydrogens is 383 g/mol. The van der Waals surface area contributed by atoms with Gasteiger partial charge in [0.05, 0.1) is 11.3 Å². The van der Waals surface area contributed by atoms with Gasteiger partial charge < -0.3 is 10.6 Å². The van der Waals surface area contributed by atoms with Gasteiger partial charge in [-0.15, -0.1) is 10.2 Å². The number of nitrogens with one attached hydrogen (secondary N) is 2. The first-order valence-electron chi connectivity index (χ1n) is 8.39. The van der Waals surface area contributed by atoms with E-state index in [1.54, 1.807) is 12.1 Å². The lowest BCUT2D eigenvalue weighted by Gasteiger charge is -2.17. The van der Waals surface area contributed by atoms with Crippen molar-refractivity contribution in [2.45, 2.75) is 29.5 Å². The first-order chi connectivity index (χ1) is 13.0. The maximum absolute atomic E-state index is 13.0. The summed E-state index contributed by atoms with van der Waals surface area (Å²) in [7, 11) is 0. The van der Waals surface area contributed by atoms with Gasteiger partial charge in [0.15, 0.2) is 4.34 Å². The fourth-order valence-corrected chi connectivity index (χ4v) is 4.25. The molecule has 0 aliphatic rings. The van der Waals surface area contributed by atoms with Crippen molar-refractivity contribution < 1.29 is 9.18 Å². The van der Waals surface area contributed by atoms with E-state index < -0.39 is 0 Å². The molecule has 2 atom stereocenters. The van der Waals surface area contributed by atoms with Gasteiger partial charge in [0.1, 0.15) is 5.82 Å². The third kappa shape index (κ3) is 5.51. The second kappa shape index (κ2) is 8.96. The molecule has 3 aromatic rings. The molecule has 0 fully saturated rings. The summed E-state index contributed by atoms with van der Waals surface area (Å²) in [5.74, 6) is -0.401. The third-order valence-corrected chi connectivity index (χ3v) is 5.83. The summed E-state index contributed by atoms with van der Waals surface area (Å²) in [6.45, 7) is 3.69. The molecule has 0 aliphatic carbocycles. The molecule has 1 amide bonds. The summed E-state index contributed by atoms with van der Waals surface area (Å²) in [6.07, 6.45) is 0. The van der Waals surface area contributed by atoms with E-state index in [0.717, 1.165) is 11.3 Å². The van der Waals surface area contributed by atoms with E-state index in [-0.39, 0.29) is 23.0 Å². The Morgan fingerprint density at radius 2 is 1.78 bits per heavy atom. The SMILES string of the molecule is C[C@H](Sc1nnc(Nc2ccccc2)s1)C(=O)N[C@H](C)c1ccc(F)cc1. The van der Waals surface area contributed by atoms with Crippen LogP contribution in [0.1, 0.15) is 25.5 Å². The van der Waals surface area contributed by atoms with Crippen molar-refractivity contribution in [2.75, 3.05) is 5.32 Å². The summed E-state index contributed by atoms with van der Waals surface area (Å²) in [4.78, 5) is 12.4.